The van der Waals surface area contributed by atoms with Gasteiger partial charge in [-0.3, -0.25) is 0 Å². The van der Waals surface area contributed by atoms with Crippen LogP contribution in [0.5, 0.6) is 0 Å². The number of halogens is 2. The van der Waals surface area contributed by atoms with Crippen LogP contribution >= 0.6 is 27.3 Å². The summed E-state index contributed by atoms with van der Waals surface area (Å²) < 4.78 is 14.3. The fourth-order valence-corrected chi connectivity index (χ4v) is 3.48. The Kier molecular flexibility index (Phi) is 4.17. The highest BCUT2D eigenvalue weighted by Gasteiger charge is 2.10. The Morgan fingerprint density at radius 2 is 1.90 bits per heavy atom. The molecular weight excluding hydrogens is 349 g/mol. The third-order valence-electron chi connectivity index (χ3n) is 3.20. The molecule has 1 nitrogen and oxygen atoms in total. The Labute approximate surface area is 135 Å². The second kappa shape index (κ2) is 6.08. The minimum Gasteiger partial charge on any atom is -0.241 e. The Bertz CT molecular complexity index is 765. The van der Waals surface area contributed by atoms with Gasteiger partial charge in [0.25, 0.3) is 0 Å². The van der Waals surface area contributed by atoms with Crippen molar-refractivity contribution in [2.75, 3.05) is 0 Å². The molecule has 0 saturated heterocycles. The van der Waals surface area contributed by atoms with Gasteiger partial charge in [-0.2, -0.15) is 0 Å². The maximum Gasteiger partial charge on any atom is 0.123 e. The van der Waals surface area contributed by atoms with Gasteiger partial charge in [-0.1, -0.05) is 40.2 Å². The zero-order chi connectivity index (χ0) is 14.8. The molecule has 0 saturated carbocycles. The maximum atomic E-state index is 13.2. The first kappa shape index (κ1) is 14.4. The molecular formula is C17H13BrFNS. The lowest BCUT2D eigenvalue weighted by molar-refractivity contribution is 0.626. The second-order valence-corrected chi connectivity index (χ2v) is 7.03. The molecule has 2 aromatic carbocycles. The second-order valence-electron chi connectivity index (χ2n) is 4.83. The van der Waals surface area contributed by atoms with E-state index in [1.54, 1.807) is 23.5 Å². The first-order valence-electron chi connectivity index (χ1n) is 6.58. The van der Waals surface area contributed by atoms with Gasteiger partial charge in [-0.15, -0.1) is 11.3 Å². The highest BCUT2D eigenvalue weighted by atomic mass is 79.9. The average Bonchev–Trinajstić information content (AvgIpc) is 2.80. The van der Waals surface area contributed by atoms with Crippen molar-refractivity contribution in [2.45, 2.75) is 13.3 Å². The monoisotopic (exact) mass is 361 g/mol. The predicted octanol–water partition coefficient (Wildman–Crippen LogP) is 5.61. The van der Waals surface area contributed by atoms with Crippen molar-refractivity contribution in [3.63, 3.8) is 0 Å². The summed E-state index contributed by atoms with van der Waals surface area (Å²) in [5.41, 5.74) is 3.07. The van der Waals surface area contributed by atoms with Gasteiger partial charge in [-0.25, -0.2) is 9.37 Å². The minimum absolute atomic E-state index is 0.200. The van der Waals surface area contributed by atoms with Crippen LogP contribution in [0.15, 0.2) is 53.0 Å². The summed E-state index contributed by atoms with van der Waals surface area (Å²) in [5.74, 6) is -0.200. The summed E-state index contributed by atoms with van der Waals surface area (Å²) in [6.45, 7) is 2.07. The molecule has 3 aromatic rings. The summed E-state index contributed by atoms with van der Waals surface area (Å²) in [4.78, 5) is 5.90. The molecule has 0 radical (unpaired) electrons. The van der Waals surface area contributed by atoms with Gasteiger partial charge in [0, 0.05) is 21.3 Å². The van der Waals surface area contributed by atoms with Crippen LogP contribution in [0, 0.1) is 12.7 Å². The highest BCUT2D eigenvalue weighted by molar-refractivity contribution is 9.10. The third kappa shape index (κ3) is 3.39. The van der Waals surface area contributed by atoms with Crippen LogP contribution in [-0.4, -0.2) is 4.98 Å². The van der Waals surface area contributed by atoms with Gasteiger partial charge in [0.05, 0.1) is 10.7 Å². The zero-order valence-corrected chi connectivity index (χ0v) is 13.8. The molecule has 4 heteroatoms. The van der Waals surface area contributed by atoms with Crippen LogP contribution in [0.1, 0.15) is 15.4 Å². The van der Waals surface area contributed by atoms with Crippen molar-refractivity contribution in [3.8, 4) is 11.3 Å². The van der Waals surface area contributed by atoms with Crippen molar-refractivity contribution in [1.29, 1.82) is 0 Å². The van der Waals surface area contributed by atoms with Crippen LogP contribution < -0.4 is 0 Å². The molecule has 21 heavy (non-hydrogen) atoms. The molecule has 1 aromatic heterocycles. The SMILES string of the molecule is Cc1sc(Cc2cccc(F)c2)nc1-c1ccc(Br)cc1. The molecule has 0 aliphatic heterocycles. The predicted molar refractivity (Wildman–Crippen MR) is 89.2 cm³/mol. The molecule has 0 spiro atoms. The summed E-state index contributed by atoms with van der Waals surface area (Å²) in [6.07, 6.45) is 0.666. The van der Waals surface area contributed by atoms with Gasteiger partial charge in [-0.05, 0) is 36.8 Å². The minimum atomic E-state index is -0.200. The molecule has 3 rings (SSSR count). The summed E-state index contributed by atoms with van der Waals surface area (Å²) in [7, 11) is 0. The van der Waals surface area contributed by atoms with Gasteiger partial charge < -0.3 is 0 Å². The number of thiazole rings is 1. The summed E-state index contributed by atoms with van der Waals surface area (Å²) >= 11 is 5.11. The van der Waals surface area contributed by atoms with Gasteiger partial charge >= 0.3 is 0 Å². The largest absolute Gasteiger partial charge is 0.241 e. The number of benzene rings is 2. The average molecular weight is 362 g/mol. The van der Waals surface area contributed by atoms with Gasteiger partial charge in [0.1, 0.15) is 5.82 Å². The molecule has 1 heterocycles. The number of hydrogen-bond donors (Lipinski definition) is 0. The van der Waals surface area contributed by atoms with Crippen LogP contribution in [-0.2, 0) is 6.42 Å². The van der Waals surface area contributed by atoms with Gasteiger partial charge in [0.2, 0.25) is 0 Å². The van der Waals surface area contributed by atoms with E-state index >= 15 is 0 Å². The summed E-state index contributed by atoms with van der Waals surface area (Å²) in [6, 6.07) is 14.8. The molecule has 106 valence electrons. The van der Waals surface area contributed by atoms with E-state index in [2.05, 4.69) is 35.0 Å². The van der Waals surface area contributed by atoms with Crippen LogP contribution in [0.25, 0.3) is 11.3 Å². The Morgan fingerprint density at radius 1 is 1.14 bits per heavy atom. The highest BCUT2D eigenvalue weighted by Crippen LogP contribution is 2.29. The van der Waals surface area contributed by atoms with Crippen molar-refractivity contribution < 1.29 is 4.39 Å². The topological polar surface area (TPSA) is 12.9 Å². The lowest BCUT2D eigenvalue weighted by Crippen LogP contribution is -1.88. The van der Waals surface area contributed by atoms with E-state index in [1.807, 2.05) is 18.2 Å². The van der Waals surface area contributed by atoms with Gasteiger partial charge in [0.15, 0.2) is 0 Å². The van der Waals surface area contributed by atoms with E-state index in [4.69, 9.17) is 4.98 Å². The van der Waals surface area contributed by atoms with Crippen LogP contribution in [0.2, 0.25) is 0 Å². The van der Waals surface area contributed by atoms with E-state index in [-0.39, 0.29) is 5.82 Å². The molecule has 0 fully saturated rings. The van der Waals surface area contributed by atoms with E-state index in [0.717, 1.165) is 26.3 Å². The van der Waals surface area contributed by atoms with Crippen molar-refractivity contribution in [2.24, 2.45) is 0 Å². The lowest BCUT2D eigenvalue weighted by Gasteiger charge is -1.99. The number of hydrogen-bond acceptors (Lipinski definition) is 2. The third-order valence-corrected chi connectivity index (χ3v) is 4.70. The number of nitrogens with zero attached hydrogens (tertiary/aromatic N) is 1. The van der Waals surface area contributed by atoms with E-state index in [0.29, 0.717) is 6.42 Å². The fraction of sp³-hybridized carbons (Fsp3) is 0.118. The molecule has 0 N–H and O–H groups in total. The quantitative estimate of drug-likeness (QED) is 0.590. The Morgan fingerprint density at radius 3 is 2.62 bits per heavy atom. The molecule has 0 aliphatic carbocycles. The van der Waals surface area contributed by atoms with E-state index < -0.39 is 0 Å². The normalized spacial score (nSPS) is 10.8. The van der Waals surface area contributed by atoms with Crippen molar-refractivity contribution >= 4 is 27.3 Å². The molecule has 0 atom stereocenters. The smallest absolute Gasteiger partial charge is 0.123 e. The zero-order valence-electron chi connectivity index (χ0n) is 11.4. The molecule has 0 amide bonds. The van der Waals surface area contributed by atoms with Crippen molar-refractivity contribution in [3.05, 3.63) is 74.3 Å². The van der Waals surface area contributed by atoms with Crippen LogP contribution in [0.4, 0.5) is 4.39 Å². The number of aryl methyl sites for hydroxylation is 1. The van der Waals surface area contributed by atoms with Crippen LogP contribution in [0.3, 0.4) is 0 Å². The number of rotatable bonds is 3. The van der Waals surface area contributed by atoms with E-state index in [9.17, 15) is 4.39 Å². The molecule has 0 unspecified atom stereocenters. The first-order valence-corrected chi connectivity index (χ1v) is 8.19. The standard InChI is InChI=1S/C17H13BrFNS/c1-11-17(13-5-7-14(18)8-6-13)20-16(21-11)10-12-3-2-4-15(19)9-12/h2-9H,10H2,1H3. The fourth-order valence-electron chi connectivity index (χ4n) is 2.22. The molecule has 0 aliphatic rings. The Balaban J connectivity index is 1.89. The van der Waals surface area contributed by atoms with E-state index in [1.165, 1.54) is 10.9 Å². The lowest BCUT2D eigenvalue weighted by atomic mass is 10.1. The van der Waals surface area contributed by atoms with Crippen molar-refractivity contribution in [1.82, 2.24) is 4.98 Å². The Hall–Kier alpha value is -1.52. The number of aromatic nitrogens is 1. The first-order chi connectivity index (χ1) is 10.1. The summed E-state index contributed by atoms with van der Waals surface area (Å²) in [5, 5.41) is 1.01. The maximum absolute atomic E-state index is 13.2. The molecule has 0 bridgehead atoms.